The Kier molecular flexibility index (Phi) is 4.16. The number of alkyl halides is 1. The predicted molar refractivity (Wildman–Crippen MR) is 75.1 cm³/mol. The minimum absolute atomic E-state index is 0.191. The summed E-state index contributed by atoms with van der Waals surface area (Å²) in [5.41, 5.74) is 1.62. The molecule has 0 aliphatic heterocycles. The number of hydrogen-bond donors (Lipinski definition) is 1. The maximum atomic E-state index is 11.5. The minimum Gasteiger partial charge on any atom is -0.494 e. The lowest BCUT2D eigenvalue weighted by Gasteiger charge is -2.13. The van der Waals surface area contributed by atoms with Gasteiger partial charge in [0, 0.05) is 18.5 Å². The van der Waals surface area contributed by atoms with E-state index in [1.165, 1.54) is 14.2 Å². The number of rotatable bonds is 4. The number of amides is 1. The van der Waals surface area contributed by atoms with E-state index in [0.29, 0.717) is 28.2 Å². The Bertz CT molecular complexity index is 618. The van der Waals surface area contributed by atoms with Crippen LogP contribution in [0.4, 0.5) is 5.69 Å². The molecule has 19 heavy (non-hydrogen) atoms. The summed E-state index contributed by atoms with van der Waals surface area (Å²) in [6, 6.07) is 1.66. The van der Waals surface area contributed by atoms with Gasteiger partial charge in [0.25, 0.3) is 0 Å². The molecule has 6 nitrogen and oxygen atoms in total. The van der Waals surface area contributed by atoms with Gasteiger partial charge in [-0.05, 0) is 0 Å². The monoisotopic (exact) mass is 325 g/mol. The summed E-state index contributed by atoms with van der Waals surface area (Å²) in [5, 5.41) is 2.91. The fourth-order valence-electron chi connectivity index (χ4n) is 1.72. The van der Waals surface area contributed by atoms with E-state index in [1.807, 2.05) is 0 Å². The molecule has 0 saturated heterocycles. The summed E-state index contributed by atoms with van der Waals surface area (Å²) in [6.45, 7) is 0. The molecule has 0 bridgehead atoms. The predicted octanol–water partition coefficient (Wildman–Crippen LogP) is 1.98. The first-order valence-corrected chi connectivity index (χ1v) is 6.55. The Hall–Kier alpha value is -1.89. The van der Waals surface area contributed by atoms with Gasteiger partial charge in [-0.2, -0.15) is 0 Å². The van der Waals surface area contributed by atoms with E-state index < -0.39 is 0 Å². The maximum Gasteiger partial charge on any atom is 0.235 e. The highest BCUT2D eigenvalue weighted by molar-refractivity contribution is 9.09. The fraction of sp³-hybridized carbons (Fsp3) is 0.250. The topological polar surface area (TPSA) is 73.3 Å². The number of ether oxygens (including phenoxy) is 2. The van der Waals surface area contributed by atoms with Gasteiger partial charge in [0.1, 0.15) is 16.8 Å². The van der Waals surface area contributed by atoms with Gasteiger partial charge < -0.3 is 14.8 Å². The number of hydrogen-bond acceptors (Lipinski definition) is 5. The van der Waals surface area contributed by atoms with E-state index in [4.69, 9.17) is 9.47 Å². The van der Waals surface area contributed by atoms with Gasteiger partial charge in [-0.25, -0.2) is 9.97 Å². The van der Waals surface area contributed by atoms with E-state index in [9.17, 15) is 4.79 Å². The summed E-state index contributed by atoms with van der Waals surface area (Å²) < 4.78 is 10.6. The normalized spacial score (nSPS) is 10.3. The zero-order valence-corrected chi connectivity index (χ0v) is 12.0. The number of carbonyl (C=O) groups is 1. The second kappa shape index (κ2) is 5.83. The smallest absolute Gasteiger partial charge is 0.235 e. The van der Waals surface area contributed by atoms with Crippen molar-refractivity contribution in [1.82, 2.24) is 9.97 Å². The SMILES string of the molecule is COc1cc(NC(=O)CBr)c(OC)c2nccnc12. The van der Waals surface area contributed by atoms with Crippen LogP contribution in [-0.2, 0) is 4.79 Å². The maximum absolute atomic E-state index is 11.5. The van der Waals surface area contributed by atoms with Crippen LogP contribution in [0.25, 0.3) is 11.0 Å². The van der Waals surface area contributed by atoms with Gasteiger partial charge >= 0.3 is 0 Å². The first kappa shape index (κ1) is 13.5. The fourth-order valence-corrected chi connectivity index (χ4v) is 1.86. The van der Waals surface area contributed by atoms with Crippen LogP contribution in [0.15, 0.2) is 18.5 Å². The van der Waals surface area contributed by atoms with Crippen LogP contribution in [0.1, 0.15) is 0 Å². The van der Waals surface area contributed by atoms with E-state index in [1.54, 1.807) is 18.5 Å². The van der Waals surface area contributed by atoms with Crippen molar-refractivity contribution in [2.24, 2.45) is 0 Å². The minimum atomic E-state index is -0.191. The molecule has 0 aliphatic carbocycles. The van der Waals surface area contributed by atoms with Crippen molar-refractivity contribution in [1.29, 1.82) is 0 Å². The lowest BCUT2D eigenvalue weighted by molar-refractivity contribution is -0.113. The number of aromatic nitrogens is 2. The molecule has 0 spiro atoms. The molecule has 2 aromatic rings. The highest BCUT2D eigenvalue weighted by atomic mass is 79.9. The lowest BCUT2D eigenvalue weighted by Crippen LogP contribution is -2.13. The Balaban J connectivity index is 2.66. The van der Waals surface area contributed by atoms with Crippen LogP contribution >= 0.6 is 15.9 Å². The zero-order chi connectivity index (χ0) is 13.8. The van der Waals surface area contributed by atoms with Crippen molar-refractivity contribution in [2.45, 2.75) is 0 Å². The summed E-state index contributed by atoms with van der Waals surface area (Å²) in [4.78, 5) is 19.9. The highest BCUT2D eigenvalue weighted by Crippen LogP contribution is 2.37. The Morgan fingerprint density at radius 2 is 1.95 bits per heavy atom. The molecular formula is C12H12BrN3O3. The number of methoxy groups -OCH3 is 2. The van der Waals surface area contributed by atoms with Crippen LogP contribution in [0.3, 0.4) is 0 Å². The van der Waals surface area contributed by atoms with Crippen LogP contribution in [-0.4, -0.2) is 35.4 Å². The number of benzene rings is 1. The van der Waals surface area contributed by atoms with Gasteiger partial charge in [-0.1, -0.05) is 15.9 Å². The number of carbonyl (C=O) groups excluding carboxylic acids is 1. The second-order valence-corrected chi connectivity index (χ2v) is 4.16. The first-order chi connectivity index (χ1) is 9.21. The van der Waals surface area contributed by atoms with E-state index in [-0.39, 0.29) is 11.2 Å². The van der Waals surface area contributed by atoms with Crippen molar-refractivity contribution < 1.29 is 14.3 Å². The van der Waals surface area contributed by atoms with Crippen molar-refractivity contribution >= 4 is 38.6 Å². The number of nitrogens with one attached hydrogen (secondary N) is 1. The second-order valence-electron chi connectivity index (χ2n) is 3.59. The standard InChI is InChI=1S/C12H12BrN3O3/c1-18-8-5-7(16-9(17)6-13)12(19-2)11-10(8)14-3-4-15-11/h3-5H,6H2,1-2H3,(H,16,17). The number of anilines is 1. The third-order valence-corrected chi connectivity index (χ3v) is 3.00. The van der Waals surface area contributed by atoms with Crippen LogP contribution < -0.4 is 14.8 Å². The molecule has 1 aromatic carbocycles. The molecule has 1 amide bonds. The molecular weight excluding hydrogens is 314 g/mol. The van der Waals surface area contributed by atoms with E-state index in [0.717, 1.165) is 0 Å². The Labute approximate surface area is 118 Å². The van der Waals surface area contributed by atoms with Gasteiger partial charge in [-0.3, -0.25) is 4.79 Å². The average Bonchev–Trinajstić information content (AvgIpc) is 2.46. The summed E-state index contributed by atoms with van der Waals surface area (Å²) in [7, 11) is 3.05. The van der Waals surface area contributed by atoms with Crippen LogP contribution in [0, 0.1) is 0 Å². The molecule has 1 N–H and O–H groups in total. The molecule has 100 valence electrons. The van der Waals surface area contributed by atoms with E-state index in [2.05, 4.69) is 31.2 Å². The van der Waals surface area contributed by atoms with Gasteiger partial charge in [0.15, 0.2) is 5.75 Å². The van der Waals surface area contributed by atoms with E-state index >= 15 is 0 Å². The largest absolute Gasteiger partial charge is 0.494 e. The number of nitrogens with zero attached hydrogens (tertiary/aromatic N) is 2. The van der Waals surface area contributed by atoms with Crippen molar-refractivity contribution in [2.75, 3.05) is 24.9 Å². The number of fused-ring (bicyclic) bond motifs is 1. The molecule has 1 heterocycles. The van der Waals surface area contributed by atoms with Crippen molar-refractivity contribution in [3.63, 3.8) is 0 Å². The quantitative estimate of drug-likeness (QED) is 0.870. The molecule has 0 atom stereocenters. The lowest BCUT2D eigenvalue weighted by atomic mass is 10.2. The summed E-state index contributed by atoms with van der Waals surface area (Å²) in [5.74, 6) is 0.788. The molecule has 7 heteroatoms. The average molecular weight is 326 g/mol. The number of halogens is 1. The highest BCUT2D eigenvalue weighted by Gasteiger charge is 2.16. The van der Waals surface area contributed by atoms with Gasteiger partial charge in [0.2, 0.25) is 5.91 Å². The van der Waals surface area contributed by atoms with Gasteiger partial charge in [-0.15, -0.1) is 0 Å². The van der Waals surface area contributed by atoms with Crippen molar-refractivity contribution in [3.05, 3.63) is 18.5 Å². The molecule has 0 unspecified atom stereocenters. The molecule has 0 fully saturated rings. The molecule has 2 rings (SSSR count). The third-order valence-electron chi connectivity index (χ3n) is 2.49. The van der Waals surface area contributed by atoms with Crippen LogP contribution in [0.5, 0.6) is 11.5 Å². The molecule has 0 aliphatic rings. The Morgan fingerprint density at radius 3 is 2.53 bits per heavy atom. The molecule has 0 saturated carbocycles. The zero-order valence-electron chi connectivity index (χ0n) is 10.4. The van der Waals surface area contributed by atoms with Crippen molar-refractivity contribution in [3.8, 4) is 11.5 Å². The Morgan fingerprint density at radius 1 is 1.26 bits per heavy atom. The van der Waals surface area contributed by atoms with Gasteiger partial charge in [0.05, 0.1) is 25.2 Å². The summed E-state index contributed by atoms with van der Waals surface area (Å²) in [6.07, 6.45) is 3.13. The summed E-state index contributed by atoms with van der Waals surface area (Å²) >= 11 is 3.09. The third kappa shape index (κ3) is 2.60. The van der Waals surface area contributed by atoms with Crippen LogP contribution in [0.2, 0.25) is 0 Å². The molecule has 0 radical (unpaired) electrons. The molecule has 1 aromatic heterocycles. The first-order valence-electron chi connectivity index (χ1n) is 5.42.